The number of ether oxygens (including phenoxy) is 1. The first-order valence-electron chi connectivity index (χ1n) is 5.92. The molecule has 0 aliphatic rings. The number of carbonyl (C=O) groups excluding carboxylic acids is 1. The summed E-state index contributed by atoms with van der Waals surface area (Å²) in [6.07, 6.45) is 3.52. The smallest absolute Gasteiger partial charge is 0.305 e. The molecule has 3 heteroatoms. The highest BCUT2D eigenvalue weighted by atomic mass is 16.5. The monoisotopic (exact) mass is 215 g/mol. The van der Waals surface area contributed by atoms with Gasteiger partial charge in [-0.15, -0.1) is 0 Å². The van der Waals surface area contributed by atoms with Gasteiger partial charge in [0, 0.05) is 6.04 Å². The van der Waals surface area contributed by atoms with Crippen molar-refractivity contribution in [2.24, 2.45) is 17.6 Å². The van der Waals surface area contributed by atoms with E-state index < -0.39 is 0 Å². The summed E-state index contributed by atoms with van der Waals surface area (Å²) in [5, 5.41) is 0. The fourth-order valence-corrected chi connectivity index (χ4v) is 2.14. The molecule has 0 aliphatic carbocycles. The second-order valence-corrected chi connectivity index (χ2v) is 4.09. The number of carbonyl (C=O) groups is 1. The highest BCUT2D eigenvalue weighted by molar-refractivity contribution is 5.69. The van der Waals surface area contributed by atoms with E-state index in [2.05, 4.69) is 20.8 Å². The van der Waals surface area contributed by atoms with Crippen molar-refractivity contribution in [3.8, 4) is 0 Å². The Morgan fingerprint density at radius 2 is 1.73 bits per heavy atom. The fourth-order valence-electron chi connectivity index (χ4n) is 2.14. The van der Waals surface area contributed by atoms with Gasteiger partial charge in [-0.1, -0.05) is 33.6 Å². The van der Waals surface area contributed by atoms with Crippen molar-refractivity contribution in [3.63, 3.8) is 0 Å². The number of hydrogen-bond donors (Lipinski definition) is 1. The molecule has 90 valence electrons. The van der Waals surface area contributed by atoms with Gasteiger partial charge in [0.25, 0.3) is 0 Å². The highest BCUT2D eigenvalue weighted by Gasteiger charge is 2.26. The Balaban J connectivity index is 4.48. The molecule has 2 N–H and O–H groups in total. The van der Waals surface area contributed by atoms with Crippen LogP contribution in [0, 0.1) is 11.8 Å². The van der Waals surface area contributed by atoms with Crippen molar-refractivity contribution in [2.75, 3.05) is 7.11 Å². The minimum atomic E-state index is -0.143. The SMILES string of the molecule is CCC(N)C(CC(=O)OC)C(CC)CC. The third-order valence-electron chi connectivity index (χ3n) is 3.31. The van der Waals surface area contributed by atoms with E-state index in [1.54, 1.807) is 0 Å². The van der Waals surface area contributed by atoms with E-state index in [0.29, 0.717) is 12.3 Å². The second-order valence-electron chi connectivity index (χ2n) is 4.09. The predicted molar refractivity (Wildman–Crippen MR) is 62.5 cm³/mol. The van der Waals surface area contributed by atoms with Crippen molar-refractivity contribution in [1.82, 2.24) is 0 Å². The molecule has 0 heterocycles. The van der Waals surface area contributed by atoms with Gasteiger partial charge in [0.05, 0.1) is 13.5 Å². The summed E-state index contributed by atoms with van der Waals surface area (Å²) in [7, 11) is 1.43. The molecule has 3 nitrogen and oxygen atoms in total. The van der Waals surface area contributed by atoms with Crippen LogP contribution in [0.4, 0.5) is 0 Å². The predicted octanol–water partition coefficient (Wildman–Crippen LogP) is 2.34. The zero-order valence-electron chi connectivity index (χ0n) is 10.5. The first kappa shape index (κ1) is 14.4. The van der Waals surface area contributed by atoms with Crippen molar-refractivity contribution in [3.05, 3.63) is 0 Å². The summed E-state index contributed by atoms with van der Waals surface area (Å²) in [5.74, 6) is 0.646. The number of hydrogen-bond acceptors (Lipinski definition) is 3. The number of rotatable bonds is 7. The lowest BCUT2D eigenvalue weighted by atomic mass is 9.80. The Bertz CT molecular complexity index is 178. The summed E-state index contributed by atoms with van der Waals surface area (Å²) in [4.78, 5) is 11.3. The molecule has 2 unspecified atom stereocenters. The highest BCUT2D eigenvalue weighted by Crippen LogP contribution is 2.26. The zero-order valence-corrected chi connectivity index (χ0v) is 10.5. The summed E-state index contributed by atoms with van der Waals surface area (Å²) in [5.41, 5.74) is 6.06. The molecule has 0 aromatic heterocycles. The van der Waals surface area contributed by atoms with Crippen LogP contribution < -0.4 is 5.73 Å². The van der Waals surface area contributed by atoms with Crippen LogP contribution in [-0.2, 0) is 9.53 Å². The van der Waals surface area contributed by atoms with E-state index in [1.165, 1.54) is 7.11 Å². The average Bonchev–Trinajstić information content (AvgIpc) is 2.27. The summed E-state index contributed by atoms with van der Waals surface area (Å²) in [6, 6.07) is 0.106. The van der Waals surface area contributed by atoms with Crippen molar-refractivity contribution >= 4 is 5.97 Å². The van der Waals surface area contributed by atoms with Crippen molar-refractivity contribution in [2.45, 2.75) is 52.5 Å². The maximum atomic E-state index is 11.3. The Morgan fingerprint density at radius 3 is 2.07 bits per heavy atom. The standard InChI is InChI=1S/C12H25NO2/c1-5-9(6-2)10(11(13)7-3)8-12(14)15-4/h9-11H,5-8,13H2,1-4H3. The summed E-state index contributed by atoms with van der Waals surface area (Å²) in [6.45, 7) is 6.37. The molecule has 0 amide bonds. The minimum Gasteiger partial charge on any atom is -0.469 e. The lowest BCUT2D eigenvalue weighted by Crippen LogP contribution is -2.36. The molecule has 2 atom stereocenters. The van der Waals surface area contributed by atoms with Gasteiger partial charge in [-0.05, 0) is 18.3 Å². The lowest BCUT2D eigenvalue weighted by Gasteiger charge is -2.29. The van der Waals surface area contributed by atoms with Crippen molar-refractivity contribution in [1.29, 1.82) is 0 Å². The van der Waals surface area contributed by atoms with E-state index >= 15 is 0 Å². The van der Waals surface area contributed by atoms with E-state index in [-0.39, 0.29) is 17.9 Å². The van der Waals surface area contributed by atoms with Crippen LogP contribution in [0.3, 0.4) is 0 Å². The van der Waals surface area contributed by atoms with Gasteiger partial charge >= 0.3 is 5.97 Å². The molecule has 0 fully saturated rings. The van der Waals surface area contributed by atoms with Gasteiger partial charge in [-0.2, -0.15) is 0 Å². The summed E-state index contributed by atoms with van der Waals surface area (Å²) < 4.78 is 4.72. The maximum Gasteiger partial charge on any atom is 0.305 e. The number of esters is 1. The lowest BCUT2D eigenvalue weighted by molar-refractivity contribution is -0.142. The van der Waals surface area contributed by atoms with Crippen molar-refractivity contribution < 1.29 is 9.53 Å². The minimum absolute atomic E-state index is 0.106. The third kappa shape index (κ3) is 4.65. The van der Waals surface area contributed by atoms with Gasteiger partial charge in [0.2, 0.25) is 0 Å². The molecule has 0 saturated heterocycles. The van der Waals surface area contributed by atoms with Gasteiger partial charge in [0.15, 0.2) is 0 Å². The second kappa shape index (κ2) is 7.69. The van der Waals surface area contributed by atoms with E-state index in [9.17, 15) is 4.79 Å². The molecule has 0 saturated carbocycles. The van der Waals surface area contributed by atoms with Gasteiger partial charge in [-0.25, -0.2) is 0 Å². The molecule has 0 spiro atoms. The summed E-state index contributed by atoms with van der Waals surface area (Å²) >= 11 is 0. The van der Waals surface area contributed by atoms with Crippen LogP contribution in [0.1, 0.15) is 46.5 Å². The normalized spacial score (nSPS) is 15.1. The van der Waals surface area contributed by atoms with Gasteiger partial charge in [-0.3, -0.25) is 4.79 Å². The molecule has 0 aromatic rings. The first-order chi connectivity index (χ1) is 7.10. The molecular weight excluding hydrogens is 190 g/mol. The molecule has 0 aromatic carbocycles. The van der Waals surface area contributed by atoms with Crippen LogP contribution in [0.15, 0.2) is 0 Å². The molecule has 0 aliphatic heterocycles. The Labute approximate surface area is 93.4 Å². The third-order valence-corrected chi connectivity index (χ3v) is 3.31. The van der Waals surface area contributed by atoms with Crippen LogP contribution in [0.2, 0.25) is 0 Å². The maximum absolute atomic E-state index is 11.3. The van der Waals surface area contributed by atoms with Crippen LogP contribution in [-0.4, -0.2) is 19.1 Å². The molecule has 0 bridgehead atoms. The fraction of sp³-hybridized carbons (Fsp3) is 0.917. The number of methoxy groups -OCH3 is 1. The first-order valence-corrected chi connectivity index (χ1v) is 5.92. The molecule has 15 heavy (non-hydrogen) atoms. The number of nitrogens with two attached hydrogens (primary N) is 1. The van der Waals surface area contributed by atoms with E-state index in [1.807, 2.05) is 0 Å². The van der Waals surface area contributed by atoms with Gasteiger partial charge in [0.1, 0.15) is 0 Å². The Kier molecular flexibility index (Phi) is 7.39. The molecule has 0 radical (unpaired) electrons. The zero-order chi connectivity index (χ0) is 11.8. The average molecular weight is 215 g/mol. The van der Waals surface area contributed by atoms with Gasteiger partial charge < -0.3 is 10.5 Å². The van der Waals surface area contributed by atoms with Crippen LogP contribution >= 0.6 is 0 Å². The quantitative estimate of drug-likeness (QED) is 0.663. The molecule has 0 rings (SSSR count). The van der Waals surface area contributed by atoms with Crippen LogP contribution in [0.5, 0.6) is 0 Å². The Morgan fingerprint density at radius 1 is 1.20 bits per heavy atom. The van der Waals surface area contributed by atoms with Crippen LogP contribution in [0.25, 0.3) is 0 Å². The Hall–Kier alpha value is -0.570. The van der Waals surface area contributed by atoms with E-state index in [0.717, 1.165) is 19.3 Å². The topological polar surface area (TPSA) is 52.3 Å². The molecular formula is C12H25NO2. The largest absolute Gasteiger partial charge is 0.469 e. The van der Waals surface area contributed by atoms with E-state index in [4.69, 9.17) is 10.5 Å².